The van der Waals surface area contributed by atoms with Crippen molar-refractivity contribution in [2.45, 2.75) is 40.2 Å². The van der Waals surface area contributed by atoms with E-state index in [9.17, 15) is 9.90 Å². The van der Waals surface area contributed by atoms with Crippen LogP contribution in [0.2, 0.25) is 0 Å². The summed E-state index contributed by atoms with van der Waals surface area (Å²) < 4.78 is 0.735. The monoisotopic (exact) mass is 343 g/mol. The lowest BCUT2D eigenvalue weighted by Crippen LogP contribution is -2.38. The quantitative estimate of drug-likeness (QED) is 0.719. The standard InChI is InChI=1S/C14H22BrN3O2/c1-9(19)7-14(3,4)8-16-13(20)18-11-5-6-12(15)17-10(11)2/h5-6,9,19H,7-8H2,1-4H3,(H2,16,18,20). The summed E-state index contributed by atoms with van der Waals surface area (Å²) >= 11 is 3.28. The van der Waals surface area contributed by atoms with Crippen LogP contribution >= 0.6 is 15.9 Å². The van der Waals surface area contributed by atoms with Crippen LogP contribution in [0.15, 0.2) is 16.7 Å². The molecule has 0 aliphatic rings. The molecule has 0 fully saturated rings. The number of anilines is 1. The smallest absolute Gasteiger partial charge is 0.319 e. The van der Waals surface area contributed by atoms with Gasteiger partial charge < -0.3 is 15.7 Å². The first-order valence-electron chi connectivity index (χ1n) is 6.56. The molecular weight excluding hydrogens is 322 g/mol. The SMILES string of the molecule is Cc1nc(Br)ccc1NC(=O)NCC(C)(C)CC(C)O. The molecule has 0 aromatic carbocycles. The molecule has 0 spiro atoms. The number of carbonyl (C=O) groups is 1. The minimum Gasteiger partial charge on any atom is -0.393 e. The van der Waals surface area contributed by atoms with Crippen molar-refractivity contribution in [2.75, 3.05) is 11.9 Å². The lowest BCUT2D eigenvalue weighted by molar-refractivity contribution is 0.129. The normalized spacial score (nSPS) is 12.9. The number of nitrogens with zero attached hydrogens (tertiary/aromatic N) is 1. The Hall–Kier alpha value is -1.14. The molecule has 1 heterocycles. The molecule has 1 atom stereocenters. The van der Waals surface area contributed by atoms with Gasteiger partial charge in [0.1, 0.15) is 4.60 Å². The summed E-state index contributed by atoms with van der Waals surface area (Å²) in [7, 11) is 0. The number of aromatic nitrogens is 1. The first-order chi connectivity index (χ1) is 9.19. The first kappa shape index (κ1) is 16.9. The Morgan fingerprint density at radius 2 is 2.15 bits per heavy atom. The maximum atomic E-state index is 11.9. The highest BCUT2D eigenvalue weighted by Crippen LogP contribution is 2.21. The van der Waals surface area contributed by atoms with Gasteiger partial charge in [-0.3, -0.25) is 0 Å². The molecule has 0 aliphatic carbocycles. The van der Waals surface area contributed by atoms with Gasteiger partial charge in [-0.1, -0.05) is 13.8 Å². The molecule has 1 aromatic heterocycles. The molecule has 3 N–H and O–H groups in total. The van der Waals surface area contributed by atoms with E-state index in [1.165, 1.54) is 0 Å². The van der Waals surface area contributed by atoms with Gasteiger partial charge >= 0.3 is 6.03 Å². The predicted octanol–water partition coefficient (Wildman–Crippen LogP) is 3.07. The van der Waals surface area contributed by atoms with E-state index < -0.39 is 0 Å². The summed E-state index contributed by atoms with van der Waals surface area (Å²) in [6.45, 7) is 8.09. The molecule has 6 heteroatoms. The number of hydrogen-bond donors (Lipinski definition) is 3. The molecule has 1 unspecified atom stereocenters. The van der Waals surface area contributed by atoms with Crippen LogP contribution in [0.1, 0.15) is 32.9 Å². The van der Waals surface area contributed by atoms with Gasteiger partial charge in [0.05, 0.1) is 17.5 Å². The third-order valence-corrected chi connectivity index (χ3v) is 3.32. The van der Waals surface area contributed by atoms with Crippen LogP contribution in [0.4, 0.5) is 10.5 Å². The Labute approximate surface area is 128 Å². The van der Waals surface area contributed by atoms with Crippen LogP contribution in [-0.2, 0) is 0 Å². The van der Waals surface area contributed by atoms with Crippen molar-refractivity contribution in [3.05, 3.63) is 22.4 Å². The molecule has 5 nitrogen and oxygen atoms in total. The maximum Gasteiger partial charge on any atom is 0.319 e. The van der Waals surface area contributed by atoms with E-state index in [1.807, 2.05) is 20.8 Å². The molecule has 0 aliphatic heterocycles. The zero-order valence-corrected chi connectivity index (χ0v) is 13.9. The van der Waals surface area contributed by atoms with Crippen molar-refractivity contribution >= 4 is 27.6 Å². The third kappa shape index (κ3) is 5.88. The average Bonchev–Trinajstić information content (AvgIpc) is 2.29. The Kier molecular flexibility index (Phi) is 5.95. The number of nitrogens with one attached hydrogen (secondary N) is 2. The van der Waals surface area contributed by atoms with Gasteiger partial charge in [-0.2, -0.15) is 0 Å². The fourth-order valence-electron chi connectivity index (χ4n) is 2.02. The van der Waals surface area contributed by atoms with Crippen molar-refractivity contribution in [1.29, 1.82) is 0 Å². The number of pyridine rings is 1. The second-order valence-electron chi connectivity index (χ2n) is 5.79. The summed E-state index contributed by atoms with van der Waals surface area (Å²) in [5, 5.41) is 15.0. The van der Waals surface area contributed by atoms with E-state index in [2.05, 4.69) is 31.5 Å². The second-order valence-corrected chi connectivity index (χ2v) is 6.60. The predicted molar refractivity (Wildman–Crippen MR) is 83.8 cm³/mol. The van der Waals surface area contributed by atoms with Gasteiger partial charge in [0.15, 0.2) is 0 Å². The summed E-state index contributed by atoms with van der Waals surface area (Å²) in [5.74, 6) is 0. The Morgan fingerprint density at radius 1 is 1.50 bits per heavy atom. The van der Waals surface area contributed by atoms with Gasteiger partial charge in [-0.15, -0.1) is 0 Å². The largest absolute Gasteiger partial charge is 0.393 e. The van der Waals surface area contributed by atoms with Crippen LogP contribution in [0, 0.1) is 12.3 Å². The fourth-order valence-corrected chi connectivity index (χ4v) is 2.42. The van der Waals surface area contributed by atoms with E-state index in [1.54, 1.807) is 19.1 Å². The molecule has 112 valence electrons. The van der Waals surface area contributed by atoms with Crippen LogP contribution in [-0.4, -0.2) is 28.8 Å². The minimum atomic E-state index is -0.382. The van der Waals surface area contributed by atoms with E-state index in [4.69, 9.17) is 0 Å². The number of aryl methyl sites for hydroxylation is 1. The van der Waals surface area contributed by atoms with Crippen LogP contribution < -0.4 is 10.6 Å². The number of aliphatic hydroxyl groups is 1. The molecule has 1 rings (SSSR count). The van der Waals surface area contributed by atoms with Crippen molar-refractivity contribution in [3.8, 4) is 0 Å². The average molecular weight is 344 g/mol. The zero-order chi connectivity index (χ0) is 15.3. The molecule has 1 aromatic rings. The lowest BCUT2D eigenvalue weighted by Gasteiger charge is -2.26. The van der Waals surface area contributed by atoms with Gasteiger partial charge in [0, 0.05) is 6.54 Å². The Bertz CT molecular complexity index is 475. The van der Waals surface area contributed by atoms with Gasteiger partial charge in [0.25, 0.3) is 0 Å². The highest BCUT2D eigenvalue weighted by atomic mass is 79.9. The van der Waals surface area contributed by atoms with E-state index in [0.717, 1.165) is 10.3 Å². The van der Waals surface area contributed by atoms with Crippen LogP contribution in [0.25, 0.3) is 0 Å². The fraction of sp³-hybridized carbons (Fsp3) is 0.571. The summed E-state index contributed by atoms with van der Waals surface area (Å²) in [6, 6.07) is 3.31. The Balaban J connectivity index is 2.52. The molecule has 0 saturated carbocycles. The second kappa shape index (κ2) is 7.04. The van der Waals surface area contributed by atoms with Crippen LogP contribution in [0.5, 0.6) is 0 Å². The molecule has 2 amide bonds. The van der Waals surface area contributed by atoms with Crippen molar-refractivity contribution in [3.63, 3.8) is 0 Å². The first-order valence-corrected chi connectivity index (χ1v) is 7.35. The van der Waals surface area contributed by atoms with Gasteiger partial charge in [0.2, 0.25) is 0 Å². The van der Waals surface area contributed by atoms with E-state index in [-0.39, 0.29) is 17.6 Å². The number of amides is 2. The number of hydrogen-bond acceptors (Lipinski definition) is 3. The van der Waals surface area contributed by atoms with Crippen LogP contribution in [0.3, 0.4) is 0 Å². The summed E-state index contributed by atoms with van der Waals surface area (Å²) in [4.78, 5) is 16.1. The lowest BCUT2D eigenvalue weighted by atomic mass is 9.87. The zero-order valence-electron chi connectivity index (χ0n) is 12.3. The highest BCUT2D eigenvalue weighted by molar-refractivity contribution is 9.10. The topological polar surface area (TPSA) is 74.2 Å². The van der Waals surface area contributed by atoms with Gasteiger partial charge in [-0.25, -0.2) is 9.78 Å². The highest BCUT2D eigenvalue weighted by Gasteiger charge is 2.21. The summed E-state index contributed by atoms with van der Waals surface area (Å²) in [6.07, 6.45) is 0.249. The maximum absolute atomic E-state index is 11.9. The summed E-state index contributed by atoms with van der Waals surface area (Å²) in [5.41, 5.74) is 1.27. The number of rotatable bonds is 5. The molecule has 0 saturated heterocycles. The Morgan fingerprint density at radius 3 is 2.70 bits per heavy atom. The number of aliphatic hydroxyl groups excluding tert-OH is 1. The van der Waals surface area contributed by atoms with Gasteiger partial charge in [-0.05, 0) is 53.7 Å². The van der Waals surface area contributed by atoms with E-state index in [0.29, 0.717) is 18.7 Å². The molecule has 0 bridgehead atoms. The van der Waals surface area contributed by atoms with Crippen molar-refractivity contribution in [1.82, 2.24) is 10.3 Å². The molecule has 20 heavy (non-hydrogen) atoms. The van der Waals surface area contributed by atoms with Crippen molar-refractivity contribution in [2.24, 2.45) is 5.41 Å². The molecule has 0 radical (unpaired) electrons. The number of urea groups is 1. The van der Waals surface area contributed by atoms with Crippen molar-refractivity contribution < 1.29 is 9.90 Å². The van der Waals surface area contributed by atoms with E-state index >= 15 is 0 Å². The molecular formula is C14H22BrN3O2. The third-order valence-electron chi connectivity index (χ3n) is 2.88. The number of carbonyl (C=O) groups excluding carboxylic acids is 1. The number of halogens is 1. The minimum absolute atomic E-state index is 0.154.